The number of para-hydroxylation sites is 1. The van der Waals surface area contributed by atoms with Crippen molar-refractivity contribution in [2.24, 2.45) is 0 Å². The second-order valence-corrected chi connectivity index (χ2v) is 6.52. The Morgan fingerprint density at radius 2 is 1.75 bits per heavy atom. The second kappa shape index (κ2) is 8.33. The molecule has 28 heavy (non-hydrogen) atoms. The third-order valence-corrected chi connectivity index (χ3v) is 4.55. The van der Waals surface area contributed by atoms with E-state index in [1.807, 2.05) is 24.3 Å². The molecule has 2 aromatic rings. The van der Waals surface area contributed by atoms with E-state index in [1.165, 1.54) is 18.2 Å². The normalized spacial score (nSPS) is 15.5. The van der Waals surface area contributed by atoms with E-state index in [4.69, 9.17) is 9.84 Å². The lowest BCUT2D eigenvalue weighted by Crippen LogP contribution is -2.25. The number of hydrogen-bond acceptors (Lipinski definition) is 2. The Bertz CT molecular complexity index is 892. The van der Waals surface area contributed by atoms with Crippen LogP contribution in [0.25, 0.3) is 5.57 Å². The quantitative estimate of drug-likeness (QED) is 0.509. The average Bonchev–Trinajstić information content (AvgIpc) is 2.62. The van der Waals surface area contributed by atoms with Crippen molar-refractivity contribution in [3.05, 3.63) is 83.4 Å². The Kier molecular flexibility index (Phi) is 5.87. The number of allylic oxidation sites excluding steroid dienone is 2. The topological polar surface area (TPSA) is 46.5 Å². The average molecular weight is 388 g/mol. The first-order valence-corrected chi connectivity index (χ1v) is 8.89. The van der Waals surface area contributed by atoms with Crippen LogP contribution in [0.2, 0.25) is 0 Å². The Morgan fingerprint density at radius 1 is 1.07 bits per heavy atom. The molecule has 0 spiro atoms. The van der Waals surface area contributed by atoms with Crippen molar-refractivity contribution in [1.29, 1.82) is 0 Å². The lowest BCUT2D eigenvalue weighted by atomic mass is 9.94. The van der Waals surface area contributed by atoms with E-state index in [-0.39, 0.29) is 6.10 Å². The van der Waals surface area contributed by atoms with Crippen LogP contribution in [-0.4, -0.2) is 17.2 Å². The Balaban J connectivity index is 2.02. The van der Waals surface area contributed by atoms with Gasteiger partial charge in [-0.2, -0.15) is 13.2 Å². The fraction of sp³-hybridized carbons (Fsp3) is 0.227. The van der Waals surface area contributed by atoms with E-state index in [0.717, 1.165) is 37.5 Å². The van der Waals surface area contributed by atoms with Crippen molar-refractivity contribution < 1.29 is 27.8 Å². The van der Waals surface area contributed by atoms with E-state index in [1.54, 1.807) is 6.08 Å². The van der Waals surface area contributed by atoms with Gasteiger partial charge in [0, 0.05) is 11.6 Å². The molecule has 0 heterocycles. The molecular formula is C22H19F3O3. The van der Waals surface area contributed by atoms with Gasteiger partial charge in [-0.1, -0.05) is 42.5 Å². The molecule has 3 nitrogen and oxygen atoms in total. The van der Waals surface area contributed by atoms with Gasteiger partial charge in [0.25, 0.3) is 0 Å². The molecule has 6 heteroatoms. The molecule has 0 aromatic heterocycles. The maximum atomic E-state index is 12.9. The van der Waals surface area contributed by atoms with Gasteiger partial charge in [-0.05, 0) is 48.6 Å². The van der Waals surface area contributed by atoms with E-state index in [2.05, 4.69) is 0 Å². The smallest absolute Gasteiger partial charge is 0.416 e. The van der Waals surface area contributed by atoms with Crippen molar-refractivity contribution in [3.8, 4) is 5.75 Å². The van der Waals surface area contributed by atoms with Gasteiger partial charge >= 0.3 is 12.1 Å². The SMILES string of the molecule is O=C(O)/C=C/C=C(/c1ccc(C(F)(F)F)cc1)c1ccccc1OC1CCC1. The van der Waals surface area contributed by atoms with Gasteiger partial charge in [0.15, 0.2) is 0 Å². The zero-order valence-electron chi connectivity index (χ0n) is 14.9. The molecule has 2 aromatic carbocycles. The van der Waals surface area contributed by atoms with Crippen LogP contribution in [0.4, 0.5) is 13.2 Å². The number of carbonyl (C=O) groups is 1. The number of aliphatic carboxylic acids is 1. The molecule has 3 rings (SSSR count). The third kappa shape index (κ3) is 4.82. The van der Waals surface area contributed by atoms with Crippen molar-refractivity contribution in [3.63, 3.8) is 0 Å². The van der Waals surface area contributed by atoms with E-state index < -0.39 is 17.7 Å². The van der Waals surface area contributed by atoms with Crippen LogP contribution >= 0.6 is 0 Å². The van der Waals surface area contributed by atoms with Crippen molar-refractivity contribution >= 4 is 11.5 Å². The van der Waals surface area contributed by atoms with Crippen LogP contribution in [0.1, 0.15) is 36.0 Å². The van der Waals surface area contributed by atoms with Crippen LogP contribution in [0.5, 0.6) is 5.75 Å². The largest absolute Gasteiger partial charge is 0.490 e. The third-order valence-electron chi connectivity index (χ3n) is 4.55. The number of ether oxygens (including phenoxy) is 1. The summed E-state index contributed by atoms with van der Waals surface area (Å²) in [7, 11) is 0. The predicted octanol–water partition coefficient (Wildman–Crippen LogP) is 5.71. The molecule has 1 aliphatic carbocycles. The van der Waals surface area contributed by atoms with Crippen LogP contribution in [0.3, 0.4) is 0 Å². The van der Waals surface area contributed by atoms with Crippen molar-refractivity contribution in [1.82, 2.24) is 0 Å². The highest BCUT2D eigenvalue weighted by molar-refractivity contribution is 5.85. The number of hydrogen-bond donors (Lipinski definition) is 1. The number of alkyl halides is 3. The Hall–Kier alpha value is -3.02. The number of rotatable bonds is 6. The molecule has 0 aliphatic heterocycles. The minimum Gasteiger partial charge on any atom is -0.490 e. The van der Waals surface area contributed by atoms with Crippen LogP contribution in [0.15, 0.2) is 66.8 Å². The molecule has 0 unspecified atom stereocenters. The number of halogens is 3. The standard InChI is InChI=1S/C22H19F3O3/c23-22(24,25)16-13-11-15(12-14-16)18(8-4-10-21(26)27)19-7-1-2-9-20(19)28-17-5-3-6-17/h1-2,4,7-14,17H,3,5-6H2,(H,26,27)/b10-4+,18-8-. The summed E-state index contributed by atoms with van der Waals surface area (Å²) in [6, 6.07) is 12.0. The lowest BCUT2D eigenvalue weighted by Gasteiger charge is -2.28. The van der Waals surface area contributed by atoms with Crippen LogP contribution < -0.4 is 4.74 Å². The fourth-order valence-corrected chi connectivity index (χ4v) is 2.87. The molecule has 0 atom stereocenters. The molecule has 1 aliphatic rings. The number of benzene rings is 2. The number of carboxylic acids is 1. The summed E-state index contributed by atoms with van der Waals surface area (Å²) in [5.74, 6) is -0.482. The Morgan fingerprint density at radius 3 is 2.32 bits per heavy atom. The summed E-state index contributed by atoms with van der Waals surface area (Å²) in [6.07, 6.45) is 2.64. The molecule has 0 amide bonds. The van der Waals surface area contributed by atoms with Gasteiger partial charge < -0.3 is 9.84 Å². The van der Waals surface area contributed by atoms with Gasteiger partial charge in [0.05, 0.1) is 11.7 Å². The maximum Gasteiger partial charge on any atom is 0.416 e. The molecule has 1 saturated carbocycles. The molecule has 0 radical (unpaired) electrons. The summed E-state index contributed by atoms with van der Waals surface area (Å²) in [5, 5.41) is 8.84. The molecule has 1 fully saturated rings. The van der Waals surface area contributed by atoms with Gasteiger partial charge in [-0.3, -0.25) is 0 Å². The van der Waals surface area contributed by atoms with Gasteiger partial charge in [-0.25, -0.2) is 4.79 Å². The zero-order chi connectivity index (χ0) is 20.1. The van der Waals surface area contributed by atoms with E-state index in [9.17, 15) is 18.0 Å². The fourth-order valence-electron chi connectivity index (χ4n) is 2.87. The molecule has 0 bridgehead atoms. The molecule has 1 N–H and O–H groups in total. The monoisotopic (exact) mass is 388 g/mol. The summed E-state index contributed by atoms with van der Waals surface area (Å²) >= 11 is 0. The van der Waals surface area contributed by atoms with E-state index in [0.29, 0.717) is 22.4 Å². The van der Waals surface area contributed by atoms with Gasteiger partial charge in [0.2, 0.25) is 0 Å². The summed E-state index contributed by atoms with van der Waals surface area (Å²) < 4.78 is 44.7. The first-order chi connectivity index (χ1) is 13.3. The first kappa shape index (κ1) is 19.7. The lowest BCUT2D eigenvalue weighted by molar-refractivity contribution is -0.137. The summed E-state index contributed by atoms with van der Waals surface area (Å²) in [5.41, 5.74) is 1.08. The van der Waals surface area contributed by atoms with Crippen molar-refractivity contribution in [2.45, 2.75) is 31.5 Å². The first-order valence-electron chi connectivity index (χ1n) is 8.89. The van der Waals surface area contributed by atoms with E-state index >= 15 is 0 Å². The predicted molar refractivity (Wildman–Crippen MR) is 100 cm³/mol. The number of carboxylic acid groups (broad SMARTS) is 1. The minimum absolute atomic E-state index is 0.129. The molecular weight excluding hydrogens is 369 g/mol. The highest BCUT2D eigenvalue weighted by atomic mass is 19.4. The summed E-state index contributed by atoms with van der Waals surface area (Å²) in [6.45, 7) is 0. The second-order valence-electron chi connectivity index (χ2n) is 6.52. The van der Waals surface area contributed by atoms with Gasteiger partial charge in [0.1, 0.15) is 5.75 Å². The Labute approximate surface area is 160 Å². The highest BCUT2D eigenvalue weighted by Gasteiger charge is 2.30. The zero-order valence-corrected chi connectivity index (χ0v) is 14.9. The summed E-state index contributed by atoms with van der Waals surface area (Å²) in [4.78, 5) is 10.8. The highest BCUT2D eigenvalue weighted by Crippen LogP contribution is 2.36. The van der Waals surface area contributed by atoms with Crippen LogP contribution in [0, 0.1) is 0 Å². The molecule has 0 saturated heterocycles. The van der Waals surface area contributed by atoms with Gasteiger partial charge in [-0.15, -0.1) is 0 Å². The maximum absolute atomic E-state index is 12.9. The molecule has 146 valence electrons. The minimum atomic E-state index is -4.42. The van der Waals surface area contributed by atoms with Crippen LogP contribution in [-0.2, 0) is 11.0 Å². The van der Waals surface area contributed by atoms with Crippen molar-refractivity contribution in [2.75, 3.05) is 0 Å².